The Bertz CT molecular complexity index is 357. The summed E-state index contributed by atoms with van der Waals surface area (Å²) in [6.45, 7) is 0. The first-order chi connectivity index (χ1) is 6.20. The minimum Gasteiger partial charge on any atom is -0.503 e. The number of ether oxygens (including phenoxy) is 1. The number of phenols is 1. The van der Waals surface area contributed by atoms with Crippen LogP contribution >= 0.6 is 11.6 Å². The summed E-state index contributed by atoms with van der Waals surface area (Å²) < 4.78 is 4.92. The Hall–Kier alpha value is -1.40. The number of nitrogens with zero attached hydrogens (tertiary/aromatic N) is 1. The summed E-state index contributed by atoms with van der Waals surface area (Å²) in [5, 5.41) is 18.1. The van der Waals surface area contributed by atoms with Crippen LogP contribution in [-0.2, 0) is 6.42 Å². The summed E-state index contributed by atoms with van der Waals surface area (Å²) >= 11 is 5.65. The summed E-state index contributed by atoms with van der Waals surface area (Å²) in [7, 11) is 1.42. The summed E-state index contributed by atoms with van der Waals surface area (Å²) in [5.74, 6) is 0.158. The standard InChI is InChI=1S/C9H8ClNO2/c1-13-9-6(4-5-11)2-3-7(10)8(9)12/h2-3,12H,4H2,1H3. The summed E-state index contributed by atoms with van der Waals surface area (Å²) in [6, 6.07) is 5.16. The van der Waals surface area contributed by atoms with E-state index < -0.39 is 0 Å². The Morgan fingerprint density at radius 1 is 1.62 bits per heavy atom. The fourth-order valence-electron chi connectivity index (χ4n) is 1.04. The van der Waals surface area contributed by atoms with Crippen LogP contribution in [0.5, 0.6) is 11.5 Å². The molecule has 0 saturated heterocycles. The minimum absolute atomic E-state index is 0.114. The Kier molecular flexibility index (Phi) is 2.99. The molecule has 0 unspecified atom stereocenters. The molecule has 0 aliphatic carbocycles. The second-order valence-corrected chi connectivity index (χ2v) is 2.83. The van der Waals surface area contributed by atoms with E-state index in [2.05, 4.69) is 0 Å². The summed E-state index contributed by atoms with van der Waals surface area (Å²) in [5.41, 5.74) is 0.631. The van der Waals surface area contributed by atoms with Crippen molar-refractivity contribution in [1.82, 2.24) is 0 Å². The van der Waals surface area contributed by atoms with Crippen molar-refractivity contribution in [2.75, 3.05) is 7.11 Å². The van der Waals surface area contributed by atoms with Crippen LogP contribution in [0, 0.1) is 11.3 Å². The van der Waals surface area contributed by atoms with Gasteiger partial charge in [0.05, 0.1) is 24.6 Å². The fourth-order valence-corrected chi connectivity index (χ4v) is 1.19. The van der Waals surface area contributed by atoms with E-state index in [1.165, 1.54) is 13.2 Å². The molecule has 0 aromatic heterocycles. The Morgan fingerprint density at radius 3 is 2.85 bits per heavy atom. The van der Waals surface area contributed by atoms with E-state index in [0.29, 0.717) is 5.56 Å². The molecule has 68 valence electrons. The number of nitriles is 1. The van der Waals surface area contributed by atoms with Crippen LogP contribution in [0.2, 0.25) is 5.02 Å². The molecule has 0 radical (unpaired) electrons. The molecule has 0 atom stereocenters. The largest absolute Gasteiger partial charge is 0.503 e. The lowest BCUT2D eigenvalue weighted by Gasteiger charge is -2.08. The van der Waals surface area contributed by atoms with Crippen molar-refractivity contribution in [3.8, 4) is 17.6 Å². The highest BCUT2D eigenvalue weighted by Crippen LogP contribution is 2.36. The maximum Gasteiger partial charge on any atom is 0.177 e. The van der Waals surface area contributed by atoms with E-state index >= 15 is 0 Å². The SMILES string of the molecule is COc1c(CC#N)ccc(Cl)c1O. The smallest absolute Gasteiger partial charge is 0.177 e. The summed E-state index contributed by atoms with van der Waals surface area (Å²) in [4.78, 5) is 0. The van der Waals surface area contributed by atoms with Gasteiger partial charge in [-0.25, -0.2) is 0 Å². The topological polar surface area (TPSA) is 53.2 Å². The first-order valence-electron chi connectivity index (χ1n) is 3.62. The van der Waals surface area contributed by atoms with E-state index in [4.69, 9.17) is 21.6 Å². The molecule has 3 nitrogen and oxygen atoms in total. The molecule has 1 rings (SSSR count). The molecule has 0 aliphatic heterocycles. The zero-order valence-electron chi connectivity index (χ0n) is 7.04. The van der Waals surface area contributed by atoms with Crippen LogP contribution in [0.25, 0.3) is 0 Å². The predicted octanol–water partition coefficient (Wildman–Crippen LogP) is 2.12. The van der Waals surface area contributed by atoms with Crippen molar-refractivity contribution in [1.29, 1.82) is 5.26 Å². The normalized spacial score (nSPS) is 9.31. The Labute approximate surface area is 81.1 Å². The van der Waals surface area contributed by atoms with Gasteiger partial charge in [-0.15, -0.1) is 0 Å². The van der Waals surface area contributed by atoms with Gasteiger partial charge in [-0.3, -0.25) is 0 Å². The molecule has 1 aromatic carbocycles. The van der Waals surface area contributed by atoms with Crippen molar-refractivity contribution in [2.24, 2.45) is 0 Å². The Balaban J connectivity index is 3.23. The number of methoxy groups -OCH3 is 1. The maximum absolute atomic E-state index is 9.44. The zero-order chi connectivity index (χ0) is 9.84. The van der Waals surface area contributed by atoms with Gasteiger partial charge in [-0.05, 0) is 6.07 Å². The zero-order valence-corrected chi connectivity index (χ0v) is 7.80. The summed E-state index contributed by atoms with van der Waals surface area (Å²) in [6.07, 6.45) is 0.188. The first kappa shape index (κ1) is 9.69. The van der Waals surface area contributed by atoms with E-state index in [-0.39, 0.29) is 22.9 Å². The number of phenolic OH excluding ortho intramolecular Hbond substituents is 1. The molecule has 0 amide bonds. The van der Waals surface area contributed by atoms with Crippen molar-refractivity contribution in [2.45, 2.75) is 6.42 Å². The second kappa shape index (κ2) is 4.01. The van der Waals surface area contributed by atoms with Gasteiger partial charge in [0.15, 0.2) is 11.5 Å². The van der Waals surface area contributed by atoms with E-state index in [1.807, 2.05) is 6.07 Å². The van der Waals surface area contributed by atoms with Crippen LogP contribution in [0.4, 0.5) is 0 Å². The molecule has 0 fully saturated rings. The number of halogens is 1. The van der Waals surface area contributed by atoms with Crippen LogP contribution in [0.3, 0.4) is 0 Å². The van der Waals surface area contributed by atoms with Gasteiger partial charge in [0.25, 0.3) is 0 Å². The van der Waals surface area contributed by atoms with Crippen LogP contribution in [-0.4, -0.2) is 12.2 Å². The molecular formula is C9H8ClNO2. The van der Waals surface area contributed by atoms with Gasteiger partial charge in [-0.1, -0.05) is 17.7 Å². The number of aromatic hydroxyl groups is 1. The molecule has 0 spiro atoms. The van der Waals surface area contributed by atoms with E-state index in [1.54, 1.807) is 6.07 Å². The monoisotopic (exact) mass is 197 g/mol. The molecule has 1 N–H and O–H groups in total. The van der Waals surface area contributed by atoms with Crippen molar-refractivity contribution in [3.63, 3.8) is 0 Å². The molecule has 0 heterocycles. The minimum atomic E-state index is -0.114. The average Bonchev–Trinajstić information content (AvgIpc) is 2.12. The van der Waals surface area contributed by atoms with Gasteiger partial charge in [0.1, 0.15) is 0 Å². The first-order valence-corrected chi connectivity index (χ1v) is 3.99. The maximum atomic E-state index is 9.44. The lowest BCUT2D eigenvalue weighted by atomic mass is 10.1. The van der Waals surface area contributed by atoms with Gasteiger partial charge < -0.3 is 9.84 Å². The van der Waals surface area contributed by atoms with E-state index in [9.17, 15) is 5.11 Å². The molecule has 13 heavy (non-hydrogen) atoms. The average molecular weight is 198 g/mol. The second-order valence-electron chi connectivity index (χ2n) is 2.42. The molecule has 0 bridgehead atoms. The highest BCUT2D eigenvalue weighted by Gasteiger charge is 2.11. The molecular weight excluding hydrogens is 190 g/mol. The third kappa shape index (κ3) is 1.85. The molecule has 0 saturated carbocycles. The van der Waals surface area contributed by atoms with Crippen LogP contribution in [0.1, 0.15) is 5.56 Å². The number of benzene rings is 1. The fraction of sp³-hybridized carbons (Fsp3) is 0.222. The predicted molar refractivity (Wildman–Crippen MR) is 49.0 cm³/mol. The quantitative estimate of drug-likeness (QED) is 0.790. The van der Waals surface area contributed by atoms with Gasteiger partial charge in [0.2, 0.25) is 0 Å². The highest BCUT2D eigenvalue weighted by atomic mass is 35.5. The molecule has 0 aliphatic rings. The van der Waals surface area contributed by atoms with Crippen molar-refractivity contribution in [3.05, 3.63) is 22.7 Å². The van der Waals surface area contributed by atoms with Crippen molar-refractivity contribution >= 4 is 11.6 Å². The molecule has 4 heteroatoms. The van der Waals surface area contributed by atoms with E-state index in [0.717, 1.165) is 0 Å². The lowest BCUT2D eigenvalue weighted by molar-refractivity contribution is 0.370. The van der Waals surface area contributed by atoms with Gasteiger partial charge in [0, 0.05) is 5.56 Å². The van der Waals surface area contributed by atoms with Crippen molar-refractivity contribution < 1.29 is 9.84 Å². The Morgan fingerprint density at radius 2 is 2.31 bits per heavy atom. The number of hydrogen-bond acceptors (Lipinski definition) is 3. The number of hydrogen-bond donors (Lipinski definition) is 1. The third-order valence-corrected chi connectivity index (χ3v) is 1.94. The van der Waals surface area contributed by atoms with Crippen LogP contribution in [0.15, 0.2) is 12.1 Å². The third-order valence-electron chi connectivity index (χ3n) is 1.64. The van der Waals surface area contributed by atoms with Gasteiger partial charge >= 0.3 is 0 Å². The molecule has 1 aromatic rings. The van der Waals surface area contributed by atoms with Crippen LogP contribution < -0.4 is 4.74 Å². The lowest BCUT2D eigenvalue weighted by Crippen LogP contribution is -1.91. The van der Waals surface area contributed by atoms with Gasteiger partial charge in [-0.2, -0.15) is 5.26 Å². The highest BCUT2D eigenvalue weighted by molar-refractivity contribution is 6.32. The number of rotatable bonds is 2.